The van der Waals surface area contributed by atoms with Crippen molar-refractivity contribution in [3.8, 4) is 0 Å². The highest BCUT2D eigenvalue weighted by molar-refractivity contribution is 5.38. The second-order valence-corrected chi connectivity index (χ2v) is 10.4. The smallest absolute Gasteiger partial charge is 0.126 e. The molecule has 0 saturated heterocycles. The van der Waals surface area contributed by atoms with Crippen molar-refractivity contribution >= 4 is 0 Å². The van der Waals surface area contributed by atoms with Crippen molar-refractivity contribution in [3.05, 3.63) is 88.2 Å². The van der Waals surface area contributed by atoms with Crippen molar-refractivity contribution in [1.29, 1.82) is 0 Å². The van der Waals surface area contributed by atoms with E-state index in [1.54, 1.807) is 6.92 Å². The number of aromatic nitrogens is 2. The van der Waals surface area contributed by atoms with E-state index < -0.39 is 29.3 Å². The van der Waals surface area contributed by atoms with Gasteiger partial charge in [0.15, 0.2) is 0 Å². The molecule has 3 atom stereocenters. The number of aliphatic hydroxyl groups excluding tert-OH is 1. The molecule has 0 amide bonds. The van der Waals surface area contributed by atoms with Crippen LogP contribution in [0.2, 0.25) is 0 Å². The zero-order chi connectivity index (χ0) is 23.8. The Balaban J connectivity index is 1.81. The van der Waals surface area contributed by atoms with Gasteiger partial charge in [-0.15, -0.1) is 0 Å². The molecule has 6 heteroatoms. The molecule has 176 valence electrons. The minimum absolute atomic E-state index is 0.0165. The topological polar surface area (TPSA) is 60.9 Å². The van der Waals surface area contributed by atoms with Gasteiger partial charge in [0, 0.05) is 23.3 Å². The Morgan fingerprint density at radius 1 is 1.15 bits per heavy atom. The molecular weight excluding hydrogens is 420 g/mol. The van der Waals surface area contributed by atoms with E-state index in [9.17, 15) is 13.9 Å². The molecule has 1 aliphatic rings. The van der Waals surface area contributed by atoms with Gasteiger partial charge in [-0.25, -0.2) is 8.78 Å². The van der Waals surface area contributed by atoms with Crippen LogP contribution < -0.4 is 5.32 Å². The maximum Gasteiger partial charge on any atom is 0.126 e. The third-order valence-electron chi connectivity index (χ3n) is 6.70. The van der Waals surface area contributed by atoms with E-state index in [2.05, 4.69) is 60.6 Å². The van der Waals surface area contributed by atoms with Gasteiger partial charge in [0.25, 0.3) is 0 Å². The Kier molecular flexibility index (Phi) is 6.43. The van der Waals surface area contributed by atoms with Crippen LogP contribution in [0.4, 0.5) is 8.78 Å². The lowest BCUT2D eigenvalue weighted by atomic mass is 9.73. The molecule has 0 aliphatic heterocycles. The number of benzene rings is 2. The minimum Gasteiger partial charge on any atom is -0.393 e. The van der Waals surface area contributed by atoms with E-state index in [-0.39, 0.29) is 5.41 Å². The van der Waals surface area contributed by atoms with Gasteiger partial charge < -0.3 is 10.4 Å². The summed E-state index contributed by atoms with van der Waals surface area (Å²) in [4.78, 5) is 0. The predicted octanol–water partition coefficient (Wildman–Crippen LogP) is 5.47. The van der Waals surface area contributed by atoms with E-state index >= 15 is 0 Å². The number of rotatable bonds is 6. The first-order valence-corrected chi connectivity index (χ1v) is 11.6. The van der Waals surface area contributed by atoms with Crippen LogP contribution in [0, 0.1) is 11.6 Å². The molecule has 0 saturated carbocycles. The standard InChI is InChI=1S/C27H33F2N3O/c1-17(33)10-25(18-11-22(28)14-23(29)12-18)31-27(9-8-24-19(15-27)16-30-32-24)21-7-5-6-20(13-21)26(2,3)4/h5-7,11-14,16-17,25,31,33H,8-10,15H2,1-4H3,(H,30,32). The highest BCUT2D eigenvalue weighted by Gasteiger charge is 2.39. The summed E-state index contributed by atoms with van der Waals surface area (Å²) in [7, 11) is 0. The number of hydrogen-bond acceptors (Lipinski definition) is 3. The fraction of sp³-hybridized carbons (Fsp3) is 0.444. The van der Waals surface area contributed by atoms with Crippen molar-refractivity contribution in [2.24, 2.45) is 0 Å². The summed E-state index contributed by atoms with van der Waals surface area (Å²) in [6.45, 7) is 8.26. The lowest BCUT2D eigenvalue weighted by molar-refractivity contribution is 0.149. The summed E-state index contributed by atoms with van der Waals surface area (Å²) in [5.41, 5.74) is 4.63. The predicted molar refractivity (Wildman–Crippen MR) is 126 cm³/mol. The molecule has 1 aromatic heterocycles. The number of aromatic amines is 1. The quantitative estimate of drug-likeness (QED) is 0.464. The Morgan fingerprint density at radius 3 is 2.55 bits per heavy atom. The van der Waals surface area contributed by atoms with E-state index in [0.29, 0.717) is 18.4 Å². The largest absolute Gasteiger partial charge is 0.393 e. The zero-order valence-electron chi connectivity index (χ0n) is 19.8. The first-order chi connectivity index (χ1) is 15.6. The summed E-state index contributed by atoms with van der Waals surface area (Å²) < 4.78 is 28.2. The van der Waals surface area contributed by atoms with Gasteiger partial charge in [-0.05, 0) is 72.4 Å². The number of fused-ring (bicyclic) bond motifs is 1. The molecule has 33 heavy (non-hydrogen) atoms. The molecule has 3 aromatic rings. The Morgan fingerprint density at radius 2 is 1.88 bits per heavy atom. The molecule has 4 nitrogen and oxygen atoms in total. The van der Waals surface area contributed by atoms with Crippen molar-refractivity contribution in [2.75, 3.05) is 0 Å². The number of hydrogen-bond donors (Lipinski definition) is 3. The summed E-state index contributed by atoms with van der Waals surface area (Å²) >= 11 is 0. The fourth-order valence-electron chi connectivity index (χ4n) is 4.92. The van der Waals surface area contributed by atoms with E-state index in [1.807, 2.05) is 6.20 Å². The van der Waals surface area contributed by atoms with Crippen LogP contribution in [0.5, 0.6) is 0 Å². The average molecular weight is 454 g/mol. The van der Waals surface area contributed by atoms with Crippen LogP contribution >= 0.6 is 0 Å². The number of aryl methyl sites for hydroxylation is 1. The summed E-state index contributed by atoms with van der Waals surface area (Å²) in [6, 6.07) is 11.7. The fourth-order valence-corrected chi connectivity index (χ4v) is 4.92. The van der Waals surface area contributed by atoms with Crippen LogP contribution in [0.1, 0.15) is 74.5 Å². The number of H-pyrrole nitrogens is 1. The second-order valence-electron chi connectivity index (χ2n) is 10.4. The lowest BCUT2D eigenvalue weighted by Gasteiger charge is -2.42. The number of aliphatic hydroxyl groups is 1. The van der Waals surface area contributed by atoms with Gasteiger partial charge in [-0.1, -0.05) is 45.0 Å². The van der Waals surface area contributed by atoms with Gasteiger partial charge in [0.2, 0.25) is 0 Å². The van der Waals surface area contributed by atoms with Crippen LogP contribution in [0.15, 0.2) is 48.7 Å². The molecule has 3 unspecified atom stereocenters. The van der Waals surface area contributed by atoms with Crippen LogP contribution in [0.3, 0.4) is 0 Å². The molecular formula is C27H33F2N3O. The molecule has 0 radical (unpaired) electrons. The molecule has 0 spiro atoms. The zero-order valence-corrected chi connectivity index (χ0v) is 19.8. The van der Waals surface area contributed by atoms with Crippen LogP contribution in [0.25, 0.3) is 0 Å². The summed E-state index contributed by atoms with van der Waals surface area (Å²) in [5.74, 6) is -1.24. The van der Waals surface area contributed by atoms with Gasteiger partial charge >= 0.3 is 0 Å². The first kappa shape index (κ1) is 23.6. The first-order valence-electron chi connectivity index (χ1n) is 11.6. The second kappa shape index (κ2) is 8.99. The highest BCUT2D eigenvalue weighted by atomic mass is 19.1. The number of nitrogens with zero attached hydrogens (tertiary/aromatic N) is 1. The SMILES string of the molecule is CC(O)CC(NC1(c2cccc(C(C)(C)C)c2)CCc2[nH]ncc2C1)c1cc(F)cc(F)c1. The number of nitrogens with one attached hydrogen (secondary N) is 2. The molecule has 1 aliphatic carbocycles. The molecule has 2 aromatic carbocycles. The monoisotopic (exact) mass is 453 g/mol. The highest BCUT2D eigenvalue weighted by Crippen LogP contribution is 2.40. The normalized spacial score (nSPS) is 20.3. The van der Waals surface area contributed by atoms with Crippen molar-refractivity contribution in [1.82, 2.24) is 15.5 Å². The van der Waals surface area contributed by atoms with Crippen molar-refractivity contribution in [2.45, 2.75) is 76.5 Å². The number of halogens is 2. The van der Waals surface area contributed by atoms with E-state index in [4.69, 9.17) is 0 Å². The van der Waals surface area contributed by atoms with E-state index in [1.165, 1.54) is 17.7 Å². The Labute approximate surface area is 194 Å². The third kappa shape index (κ3) is 5.17. The van der Waals surface area contributed by atoms with Crippen LogP contribution in [-0.2, 0) is 23.8 Å². The molecule has 0 fully saturated rings. The Hall–Kier alpha value is -2.57. The summed E-state index contributed by atoms with van der Waals surface area (Å²) in [5, 5.41) is 21.3. The molecule has 1 heterocycles. The lowest BCUT2D eigenvalue weighted by Crippen LogP contribution is -2.49. The maximum absolute atomic E-state index is 14.1. The van der Waals surface area contributed by atoms with Crippen molar-refractivity contribution in [3.63, 3.8) is 0 Å². The van der Waals surface area contributed by atoms with Crippen LogP contribution in [-0.4, -0.2) is 21.4 Å². The molecule has 4 rings (SSSR count). The van der Waals surface area contributed by atoms with Gasteiger partial charge in [0.1, 0.15) is 11.6 Å². The minimum atomic E-state index is -0.639. The summed E-state index contributed by atoms with van der Waals surface area (Å²) in [6.07, 6.45) is 3.86. The average Bonchev–Trinajstić information content (AvgIpc) is 3.19. The van der Waals surface area contributed by atoms with Crippen molar-refractivity contribution < 1.29 is 13.9 Å². The molecule has 3 N–H and O–H groups in total. The van der Waals surface area contributed by atoms with Gasteiger partial charge in [0.05, 0.1) is 12.3 Å². The van der Waals surface area contributed by atoms with Gasteiger partial charge in [-0.3, -0.25) is 5.10 Å². The molecule has 0 bridgehead atoms. The van der Waals surface area contributed by atoms with Gasteiger partial charge in [-0.2, -0.15) is 5.10 Å². The third-order valence-corrected chi connectivity index (χ3v) is 6.70. The Bertz CT molecular complexity index is 1100. The van der Waals surface area contributed by atoms with E-state index in [0.717, 1.165) is 35.7 Å². The maximum atomic E-state index is 14.1.